The van der Waals surface area contributed by atoms with Crippen molar-refractivity contribution < 1.29 is 32.2 Å². The van der Waals surface area contributed by atoms with E-state index in [0.29, 0.717) is 6.29 Å². The second kappa shape index (κ2) is 7.11. The predicted molar refractivity (Wildman–Crippen MR) is 80.4 cm³/mol. The molecular weight excluding hydrogens is 327 g/mol. The molecule has 1 atom stereocenters. The molecule has 1 amide bonds. The second-order valence-corrected chi connectivity index (χ2v) is 6.32. The van der Waals surface area contributed by atoms with Gasteiger partial charge < -0.3 is 14.3 Å². The summed E-state index contributed by atoms with van der Waals surface area (Å²) in [5.41, 5.74) is -2.66. The van der Waals surface area contributed by atoms with E-state index in [4.69, 9.17) is 4.74 Å². The van der Waals surface area contributed by atoms with E-state index in [9.17, 15) is 22.8 Å². The van der Waals surface area contributed by atoms with Crippen molar-refractivity contribution in [2.75, 3.05) is 7.05 Å². The van der Waals surface area contributed by atoms with E-state index in [1.54, 1.807) is 20.8 Å². The SMILES string of the molecule is CN(C(=O)OC(C)(C)C)C(C)(C=O)c1ccc(OC(F)F)cc1F. The molecule has 0 N–H and O–H groups in total. The lowest BCUT2D eigenvalue weighted by molar-refractivity contribution is -0.117. The van der Waals surface area contributed by atoms with Crippen molar-refractivity contribution in [1.82, 2.24) is 4.90 Å². The summed E-state index contributed by atoms with van der Waals surface area (Å²) >= 11 is 0. The largest absolute Gasteiger partial charge is 0.444 e. The summed E-state index contributed by atoms with van der Waals surface area (Å²) in [5, 5.41) is 0. The molecule has 0 aliphatic carbocycles. The number of amides is 1. The number of aldehydes is 1. The molecule has 0 aromatic heterocycles. The fourth-order valence-electron chi connectivity index (χ4n) is 1.93. The number of ether oxygens (including phenoxy) is 2. The van der Waals surface area contributed by atoms with Crippen LogP contribution in [0.4, 0.5) is 18.0 Å². The molecule has 0 bridgehead atoms. The first kappa shape index (κ1) is 19.8. The number of benzene rings is 1. The topological polar surface area (TPSA) is 55.8 Å². The first-order valence-electron chi connectivity index (χ1n) is 7.08. The maximum Gasteiger partial charge on any atom is 0.411 e. The summed E-state index contributed by atoms with van der Waals surface area (Å²) in [7, 11) is 1.28. The standard InChI is InChI=1S/C16H20F3NO4/c1-15(2,3)24-14(22)20(5)16(4,9-21)11-7-6-10(8-12(11)17)23-13(18)19/h6-9,13H,1-5H3. The van der Waals surface area contributed by atoms with Crippen LogP contribution in [0.1, 0.15) is 33.3 Å². The van der Waals surface area contributed by atoms with Gasteiger partial charge in [0, 0.05) is 18.7 Å². The van der Waals surface area contributed by atoms with Gasteiger partial charge in [0.15, 0.2) is 0 Å². The third-order valence-electron chi connectivity index (χ3n) is 3.30. The van der Waals surface area contributed by atoms with Crippen molar-refractivity contribution in [3.05, 3.63) is 29.6 Å². The number of carbonyl (C=O) groups is 2. The summed E-state index contributed by atoms with van der Waals surface area (Å²) in [5.74, 6) is -1.35. The number of hydrogen-bond acceptors (Lipinski definition) is 4. The summed E-state index contributed by atoms with van der Waals surface area (Å²) in [6.45, 7) is 3.16. The Hall–Kier alpha value is -2.25. The van der Waals surface area contributed by atoms with Crippen LogP contribution in [0, 0.1) is 5.82 Å². The Morgan fingerprint density at radius 3 is 2.25 bits per heavy atom. The average molecular weight is 347 g/mol. The Morgan fingerprint density at radius 1 is 1.25 bits per heavy atom. The number of nitrogens with zero attached hydrogens (tertiary/aromatic N) is 1. The first-order valence-corrected chi connectivity index (χ1v) is 7.08. The smallest absolute Gasteiger partial charge is 0.411 e. The average Bonchev–Trinajstić information content (AvgIpc) is 2.43. The van der Waals surface area contributed by atoms with Crippen molar-refractivity contribution in [1.29, 1.82) is 0 Å². The lowest BCUT2D eigenvalue weighted by Crippen LogP contribution is -2.48. The molecule has 8 heteroatoms. The van der Waals surface area contributed by atoms with Crippen molar-refractivity contribution in [3.8, 4) is 5.75 Å². The molecule has 0 aliphatic rings. The zero-order valence-electron chi connectivity index (χ0n) is 14.1. The highest BCUT2D eigenvalue weighted by Gasteiger charge is 2.38. The second-order valence-electron chi connectivity index (χ2n) is 6.32. The molecule has 1 aromatic carbocycles. The molecule has 1 rings (SSSR count). The van der Waals surface area contributed by atoms with E-state index in [-0.39, 0.29) is 11.3 Å². The maximum atomic E-state index is 14.3. The molecule has 1 aromatic rings. The highest BCUT2D eigenvalue weighted by atomic mass is 19.3. The normalized spacial score (nSPS) is 14.0. The fraction of sp³-hybridized carbons (Fsp3) is 0.500. The van der Waals surface area contributed by atoms with Gasteiger partial charge in [-0.05, 0) is 39.8 Å². The van der Waals surface area contributed by atoms with Crippen LogP contribution < -0.4 is 4.74 Å². The van der Waals surface area contributed by atoms with Gasteiger partial charge in [-0.2, -0.15) is 8.78 Å². The van der Waals surface area contributed by atoms with Gasteiger partial charge in [-0.1, -0.05) is 0 Å². The Labute approximate surface area is 138 Å². The van der Waals surface area contributed by atoms with Gasteiger partial charge in [0.1, 0.15) is 29.0 Å². The van der Waals surface area contributed by atoms with Gasteiger partial charge in [0.05, 0.1) is 0 Å². The molecular formula is C16H20F3NO4. The molecule has 24 heavy (non-hydrogen) atoms. The van der Waals surface area contributed by atoms with Crippen LogP contribution in [-0.2, 0) is 15.1 Å². The van der Waals surface area contributed by atoms with Crippen LogP contribution in [0.25, 0.3) is 0 Å². The van der Waals surface area contributed by atoms with E-state index < -0.39 is 29.7 Å². The molecule has 0 fully saturated rings. The summed E-state index contributed by atoms with van der Waals surface area (Å²) in [4.78, 5) is 24.7. The summed E-state index contributed by atoms with van der Waals surface area (Å²) in [6.07, 6.45) is -0.451. The quantitative estimate of drug-likeness (QED) is 0.762. The molecule has 0 radical (unpaired) electrons. The van der Waals surface area contributed by atoms with Crippen LogP contribution in [0.3, 0.4) is 0 Å². The van der Waals surface area contributed by atoms with Gasteiger partial charge in [0.2, 0.25) is 0 Å². The fourth-order valence-corrected chi connectivity index (χ4v) is 1.93. The van der Waals surface area contributed by atoms with Crippen molar-refractivity contribution >= 4 is 12.4 Å². The number of likely N-dealkylation sites (N-methyl/N-ethyl adjacent to an activating group) is 1. The molecule has 0 aliphatic heterocycles. The molecule has 0 heterocycles. The minimum Gasteiger partial charge on any atom is -0.444 e. The van der Waals surface area contributed by atoms with Crippen LogP contribution in [0.5, 0.6) is 5.75 Å². The van der Waals surface area contributed by atoms with Crippen LogP contribution >= 0.6 is 0 Å². The van der Waals surface area contributed by atoms with Gasteiger partial charge in [-0.3, -0.25) is 4.90 Å². The number of halogens is 3. The van der Waals surface area contributed by atoms with E-state index in [2.05, 4.69) is 4.74 Å². The van der Waals surface area contributed by atoms with Crippen molar-refractivity contribution in [3.63, 3.8) is 0 Å². The highest BCUT2D eigenvalue weighted by molar-refractivity contribution is 5.78. The third kappa shape index (κ3) is 4.62. The van der Waals surface area contributed by atoms with E-state index in [1.807, 2.05) is 0 Å². The van der Waals surface area contributed by atoms with Gasteiger partial charge in [-0.15, -0.1) is 0 Å². The zero-order valence-corrected chi connectivity index (χ0v) is 14.1. The lowest BCUT2D eigenvalue weighted by atomic mass is 9.91. The van der Waals surface area contributed by atoms with Crippen molar-refractivity contribution in [2.24, 2.45) is 0 Å². The van der Waals surface area contributed by atoms with Gasteiger partial charge in [-0.25, -0.2) is 9.18 Å². The molecule has 1 unspecified atom stereocenters. The number of alkyl halides is 2. The summed E-state index contributed by atoms with van der Waals surface area (Å²) in [6, 6.07) is 2.93. The van der Waals surface area contributed by atoms with Gasteiger partial charge >= 0.3 is 12.7 Å². The summed E-state index contributed by atoms with van der Waals surface area (Å²) < 4.78 is 47.9. The van der Waals surface area contributed by atoms with E-state index in [0.717, 1.165) is 23.1 Å². The highest BCUT2D eigenvalue weighted by Crippen LogP contribution is 2.31. The third-order valence-corrected chi connectivity index (χ3v) is 3.30. The first-order chi connectivity index (χ1) is 10.9. The lowest BCUT2D eigenvalue weighted by Gasteiger charge is -2.35. The molecule has 0 spiro atoms. The Bertz CT molecular complexity index is 616. The Morgan fingerprint density at radius 2 is 1.83 bits per heavy atom. The molecule has 0 saturated heterocycles. The molecule has 134 valence electrons. The van der Waals surface area contributed by atoms with Crippen LogP contribution in [0.2, 0.25) is 0 Å². The maximum absolute atomic E-state index is 14.3. The molecule has 0 saturated carbocycles. The minimum absolute atomic E-state index is 0.174. The Kier molecular flexibility index (Phi) is 5.86. The Balaban J connectivity index is 3.18. The van der Waals surface area contributed by atoms with Crippen LogP contribution in [-0.4, -0.2) is 36.5 Å². The van der Waals surface area contributed by atoms with Crippen molar-refractivity contribution in [2.45, 2.75) is 45.4 Å². The number of hydrogen-bond donors (Lipinski definition) is 0. The predicted octanol–water partition coefficient (Wildman–Crippen LogP) is 3.71. The van der Waals surface area contributed by atoms with E-state index in [1.165, 1.54) is 14.0 Å². The number of rotatable bonds is 5. The molecule has 5 nitrogen and oxygen atoms in total. The monoisotopic (exact) mass is 347 g/mol. The zero-order chi connectivity index (χ0) is 18.7. The van der Waals surface area contributed by atoms with E-state index >= 15 is 0 Å². The minimum atomic E-state index is -3.10. The van der Waals surface area contributed by atoms with Gasteiger partial charge in [0.25, 0.3) is 0 Å². The van der Waals surface area contributed by atoms with Crippen LogP contribution in [0.15, 0.2) is 18.2 Å². The number of carbonyl (C=O) groups excluding carboxylic acids is 2.